The molecule has 0 aliphatic carbocycles. The number of H-pyrrole nitrogens is 1. The van der Waals surface area contributed by atoms with Gasteiger partial charge in [0.25, 0.3) is 0 Å². The molecule has 21 heavy (non-hydrogen) atoms. The summed E-state index contributed by atoms with van der Waals surface area (Å²) in [5, 5.41) is 0. The van der Waals surface area contributed by atoms with Gasteiger partial charge in [-0.3, -0.25) is 4.79 Å². The summed E-state index contributed by atoms with van der Waals surface area (Å²) in [5.41, 5.74) is 1.73. The van der Waals surface area contributed by atoms with Crippen LogP contribution < -0.4 is 5.56 Å². The first-order valence-electron chi connectivity index (χ1n) is 7.13. The molecule has 0 fully saturated rings. The van der Waals surface area contributed by atoms with E-state index in [1.807, 2.05) is 30.3 Å². The van der Waals surface area contributed by atoms with Gasteiger partial charge in [-0.1, -0.05) is 43.7 Å². The number of hydrogen-bond acceptors (Lipinski definition) is 3. The molecular weight excluding hydrogens is 266 g/mol. The summed E-state index contributed by atoms with van der Waals surface area (Å²) >= 11 is 0. The molecular formula is C17H19NO3. The molecule has 0 amide bonds. The summed E-state index contributed by atoms with van der Waals surface area (Å²) in [6, 6.07) is 12.4. The number of unbranched alkanes of at least 4 members (excludes halogenated alkanes) is 1. The molecule has 1 heterocycles. The molecule has 0 radical (unpaired) electrons. The predicted molar refractivity (Wildman–Crippen MR) is 81.2 cm³/mol. The van der Waals surface area contributed by atoms with Crippen molar-refractivity contribution in [1.29, 1.82) is 0 Å². The Morgan fingerprint density at radius 2 is 1.95 bits per heavy atom. The average molecular weight is 285 g/mol. The van der Waals surface area contributed by atoms with Crippen molar-refractivity contribution in [2.24, 2.45) is 0 Å². The van der Waals surface area contributed by atoms with Crippen LogP contribution in [0.15, 0.2) is 47.3 Å². The lowest BCUT2D eigenvalue weighted by molar-refractivity contribution is 0.0472. The van der Waals surface area contributed by atoms with Crippen LogP contribution in [0, 0.1) is 0 Å². The minimum atomic E-state index is -0.470. The van der Waals surface area contributed by atoms with Crippen molar-refractivity contribution in [3.63, 3.8) is 0 Å². The second-order valence-electron chi connectivity index (χ2n) is 4.92. The molecule has 0 aliphatic rings. The van der Waals surface area contributed by atoms with Gasteiger partial charge in [-0.15, -0.1) is 0 Å². The number of rotatable bonds is 6. The fourth-order valence-corrected chi connectivity index (χ4v) is 2.03. The van der Waals surface area contributed by atoms with Gasteiger partial charge in [0.2, 0.25) is 5.56 Å². The van der Waals surface area contributed by atoms with E-state index in [0.717, 1.165) is 30.5 Å². The summed E-state index contributed by atoms with van der Waals surface area (Å²) in [7, 11) is 0. The van der Waals surface area contributed by atoms with E-state index < -0.39 is 5.97 Å². The number of esters is 1. The third kappa shape index (κ3) is 4.60. The third-order valence-corrected chi connectivity index (χ3v) is 3.15. The molecule has 0 aliphatic heterocycles. The van der Waals surface area contributed by atoms with Gasteiger partial charge >= 0.3 is 5.97 Å². The number of aryl methyl sites for hydroxylation is 1. The van der Waals surface area contributed by atoms with Crippen molar-refractivity contribution in [1.82, 2.24) is 4.98 Å². The van der Waals surface area contributed by atoms with Gasteiger partial charge < -0.3 is 9.72 Å². The summed E-state index contributed by atoms with van der Waals surface area (Å²) in [4.78, 5) is 26.4. The quantitative estimate of drug-likeness (QED) is 0.830. The predicted octanol–water partition coefficient (Wildman–Crippen LogP) is 3.07. The minimum absolute atomic E-state index is 0.205. The molecule has 0 atom stereocenters. The number of carbonyl (C=O) groups is 1. The molecule has 0 saturated carbocycles. The topological polar surface area (TPSA) is 59.2 Å². The highest BCUT2D eigenvalue weighted by atomic mass is 16.5. The van der Waals surface area contributed by atoms with Gasteiger partial charge in [0.05, 0.1) is 5.56 Å². The Balaban J connectivity index is 2.04. The van der Waals surface area contributed by atoms with Crippen LogP contribution in [0.5, 0.6) is 0 Å². The largest absolute Gasteiger partial charge is 0.457 e. The highest BCUT2D eigenvalue weighted by Crippen LogP contribution is 2.07. The van der Waals surface area contributed by atoms with Crippen molar-refractivity contribution in [3.05, 3.63) is 69.6 Å². The van der Waals surface area contributed by atoms with Crippen LogP contribution in [0.3, 0.4) is 0 Å². The van der Waals surface area contributed by atoms with Gasteiger partial charge in [0.15, 0.2) is 0 Å². The molecule has 1 aromatic carbocycles. The van der Waals surface area contributed by atoms with Crippen molar-refractivity contribution in [2.45, 2.75) is 32.8 Å². The van der Waals surface area contributed by atoms with Gasteiger partial charge in [0.1, 0.15) is 6.61 Å². The van der Waals surface area contributed by atoms with E-state index in [0.29, 0.717) is 5.56 Å². The molecule has 0 bridgehead atoms. The molecule has 2 aromatic rings. The lowest BCUT2D eigenvalue weighted by Crippen LogP contribution is -2.14. The Morgan fingerprint density at radius 3 is 2.67 bits per heavy atom. The number of aromatic amines is 1. The highest BCUT2D eigenvalue weighted by molar-refractivity contribution is 5.89. The molecule has 1 N–H and O–H groups in total. The first kappa shape index (κ1) is 15.0. The maximum atomic E-state index is 12.0. The maximum Gasteiger partial charge on any atom is 0.338 e. The lowest BCUT2D eigenvalue weighted by atomic mass is 10.1. The van der Waals surface area contributed by atoms with Crippen molar-refractivity contribution in [3.8, 4) is 0 Å². The summed E-state index contributed by atoms with van der Waals surface area (Å²) in [6.07, 6.45) is 2.76. The average Bonchev–Trinajstić information content (AvgIpc) is 2.51. The van der Waals surface area contributed by atoms with E-state index in [-0.39, 0.29) is 12.2 Å². The zero-order chi connectivity index (χ0) is 15.1. The normalized spacial score (nSPS) is 10.3. The minimum Gasteiger partial charge on any atom is -0.457 e. The van der Waals surface area contributed by atoms with E-state index >= 15 is 0 Å². The Morgan fingerprint density at radius 1 is 1.19 bits per heavy atom. The lowest BCUT2D eigenvalue weighted by Gasteiger charge is -2.06. The fraction of sp³-hybridized carbons (Fsp3) is 0.294. The highest BCUT2D eigenvalue weighted by Gasteiger charge is 2.10. The van der Waals surface area contributed by atoms with Gasteiger partial charge in [-0.25, -0.2) is 4.79 Å². The van der Waals surface area contributed by atoms with E-state index in [1.165, 1.54) is 6.07 Å². The van der Waals surface area contributed by atoms with E-state index in [4.69, 9.17) is 4.74 Å². The van der Waals surface area contributed by atoms with Gasteiger partial charge in [0, 0.05) is 11.8 Å². The second-order valence-corrected chi connectivity index (χ2v) is 4.92. The van der Waals surface area contributed by atoms with Crippen LogP contribution in [0.4, 0.5) is 0 Å². The zero-order valence-electron chi connectivity index (χ0n) is 12.1. The molecule has 4 heteroatoms. The molecule has 0 spiro atoms. The van der Waals surface area contributed by atoms with Gasteiger partial charge in [-0.05, 0) is 24.5 Å². The van der Waals surface area contributed by atoms with Crippen molar-refractivity contribution < 1.29 is 9.53 Å². The van der Waals surface area contributed by atoms with Gasteiger partial charge in [-0.2, -0.15) is 0 Å². The first-order chi connectivity index (χ1) is 10.2. The molecule has 2 rings (SSSR count). The van der Waals surface area contributed by atoms with E-state index in [1.54, 1.807) is 6.07 Å². The number of pyridine rings is 1. The zero-order valence-corrected chi connectivity index (χ0v) is 12.1. The van der Waals surface area contributed by atoms with Crippen LogP contribution in [-0.2, 0) is 17.8 Å². The van der Waals surface area contributed by atoms with E-state index in [2.05, 4.69) is 11.9 Å². The third-order valence-electron chi connectivity index (χ3n) is 3.15. The molecule has 1 aromatic heterocycles. The summed E-state index contributed by atoms with van der Waals surface area (Å²) < 4.78 is 5.24. The Hall–Kier alpha value is -2.36. The Kier molecular flexibility index (Phi) is 5.32. The number of aromatic nitrogens is 1. The molecule has 0 unspecified atom stereocenters. The number of ether oxygens (including phenoxy) is 1. The summed E-state index contributed by atoms with van der Waals surface area (Å²) in [6.45, 7) is 2.28. The van der Waals surface area contributed by atoms with Crippen molar-refractivity contribution >= 4 is 5.97 Å². The second kappa shape index (κ2) is 7.43. The molecule has 0 saturated heterocycles. The first-order valence-corrected chi connectivity index (χ1v) is 7.13. The smallest absolute Gasteiger partial charge is 0.338 e. The van der Waals surface area contributed by atoms with E-state index in [9.17, 15) is 9.59 Å². The Bertz CT molecular complexity index is 647. The number of benzene rings is 1. The molecule has 110 valence electrons. The number of carbonyl (C=O) groups excluding carboxylic acids is 1. The van der Waals surface area contributed by atoms with Crippen LogP contribution >= 0.6 is 0 Å². The SMILES string of the molecule is CCCCc1cc(C(=O)OCc2ccccc2)cc(=O)[nH]1. The molecule has 4 nitrogen and oxygen atoms in total. The van der Waals surface area contributed by atoms with Crippen LogP contribution in [0.2, 0.25) is 0 Å². The fourth-order valence-electron chi connectivity index (χ4n) is 2.03. The monoisotopic (exact) mass is 285 g/mol. The number of hydrogen-bond donors (Lipinski definition) is 1. The Labute approximate surface area is 123 Å². The van der Waals surface area contributed by atoms with Crippen LogP contribution in [0.1, 0.15) is 41.4 Å². The maximum absolute atomic E-state index is 12.0. The standard InChI is InChI=1S/C17H19NO3/c1-2-3-9-15-10-14(11-16(19)18-15)17(20)21-12-13-7-5-4-6-8-13/h4-8,10-11H,2-3,9,12H2,1H3,(H,18,19). The van der Waals surface area contributed by atoms with Crippen molar-refractivity contribution in [2.75, 3.05) is 0 Å². The van der Waals surface area contributed by atoms with Crippen LogP contribution in [0.25, 0.3) is 0 Å². The number of nitrogens with one attached hydrogen (secondary N) is 1. The van der Waals surface area contributed by atoms with Crippen LogP contribution in [-0.4, -0.2) is 11.0 Å². The summed E-state index contributed by atoms with van der Waals surface area (Å²) in [5.74, 6) is -0.470.